The Morgan fingerprint density at radius 1 is 1.07 bits per heavy atom. The molecule has 3 aromatic rings. The van der Waals surface area contributed by atoms with Gasteiger partial charge in [-0.15, -0.1) is 0 Å². The van der Waals surface area contributed by atoms with Gasteiger partial charge >= 0.3 is 0 Å². The lowest BCUT2D eigenvalue weighted by molar-refractivity contribution is -0.117. The minimum absolute atomic E-state index is 0.115. The van der Waals surface area contributed by atoms with Crippen LogP contribution in [0.5, 0.6) is 0 Å². The van der Waals surface area contributed by atoms with Crippen molar-refractivity contribution in [3.8, 4) is 0 Å². The van der Waals surface area contributed by atoms with Gasteiger partial charge in [-0.05, 0) is 53.9 Å². The van der Waals surface area contributed by atoms with E-state index in [-0.39, 0.29) is 11.8 Å². The first-order valence-electron chi connectivity index (χ1n) is 9.90. The topological polar surface area (TPSA) is 72.3 Å². The lowest BCUT2D eigenvalue weighted by Gasteiger charge is -2.18. The van der Waals surface area contributed by atoms with Crippen molar-refractivity contribution in [1.29, 1.82) is 0 Å². The number of nitrogens with zero attached hydrogens (tertiary/aromatic N) is 1. The average molecular weight is 416 g/mol. The third-order valence-corrected chi connectivity index (χ3v) is 6.73. The van der Waals surface area contributed by atoms with Crippen molar-refractivity contribution >= 4 is 34.7 Å². The second kappa shape index (κ2) is 8.28. The lowest BCUT2D eigenvalue weighted by Crippen LogP contribution is -2.24. The molecule has 1 fully saturated rings. The number of amides is 1. The van der Waals surface area contributed by atoms with Gasteiger partial charge in [0, 0.05) is 45.7 Å². The van der Waals surface area contributed by atoms with E-state index < -0.39 is 0 Å². The van der Waals surface area contributed by atoms with E-state index in [1.54, 1.807) is 11.8 Å². The monoisotopic (exact) mass is 415 g/mol. The quantitative estimate of drug-likeness (QED) is 0.563. The first-order chi connectivity index (χ1) is 14.4. The van der Waals surface area contributed by atoms with Gasteiger partial charge in [0.05, 0.1) is 0 Å². The molecule has 5 heteroatoms. The molecule has 0 unspecified atom stereocenters. The number of benzene rings is 3. The molecule has 0 saturated carbocycles. The molecule has 30 heavy (non-hydrogen) atoms. The second-order valence-corrected chi connectivity index (χ2v) is 8.73. The van der Waals surface area contributed by atoms with Crippen LogP contribution in [0.4, 0.5) is 11.4 Å². The minimum atomic E-state index is 0.115. The van der Waals surface area contributed by atoms with E-state index in [1.807, 2.05) is 53.4 Å². The highest BCUT2D eigenvalue weighted by Crippen LogP contribution is 2.38. The maximum absolute atomic E-state index is 12.8. The molecule has 4 rings (SSSR count). The van der Waals surface area contributed by atoms with E-state index in [0.717, 1.165) is 27.4 Å². The van der Waals surface area contributed by atoms with E-state index >= 15 is 0 Å². The van der Waals surface area contributed by atoms with Crippen LogP contribution in [0.25, 0.3) is 5.70 Å². The number of nitrogens with two attached hydrogens (primary N) is 2. The van der Waals surface area contributed by atoms with Crippen LogP contribution < -0.4 is 16.4 Å². The summed E-state index contributed by atoms with van der Waals surface area (Å²) in [5, 5.41) is 0. The summed E-state index contributed by atoms with van der Waals surface area (Å²) in [6.07, 6.45) is 0.478. The predicted octanol–water partition coefficient (Wildman–Crippen LogP) is 5.18. The van der Waals surface area contributed by atoms with Gasteiger partial charge in [0.25, 0.3) is 0 Å². The number of hydrogen-bond donors (Lipinski definition) is 2. The molecule has 1 aliphatic rings. The van der Waals surface area contributed by atoms with E-state index in [2.05, 4.69) is 31.7 Å². The van der Waals surface area contributed by atoms with Crippen molar-refractivity contribution < 1.29 is 4.79 Å². The molecule has 0 aliphatic carbocycles. The zero-order valence-corrected chi connectivity index (χ0v) is 17.8. The molecule has 1 amide bonds. The Labute approximate surface area is 181 Å². The molecule has 0 bridgehead atoms. The van der Waals surface area contributed by atoms with Crippen molar-refractivity contribution in [2.24, 2.45) is 5.73 Å². The Morgan fingerprint density at radius 3 is 2.63 bits per heavy atom. The fraction of sp³-hybridized carbons (Fsp3) is 0.160. The summed E-state index contributed by atoms with van der Waals surface area (Å²) in [5.74, 6) is 0.240. The smallest absolute Gasteiger partial charge is 0.227 e. The van der Waals surface area contributed by atoms with Crippen molar-refractivity contribution in [2.75, 3.05) is 17.2 Å². The molecule has 3 aromatic carbocycles. The number of anilines is 2. The van der Waals surface area contributed by atoms with Crippen LogP contribution in [0, 0.1) is 6.92 Å². The first-order valence-corrected chi connectivity index (χ1v) is 10.7. The molecule has 0 radical (unpaired) electrons. The Balaban J connectivity index is 1.58. The summed E-state index contributed by atoms with van der Waals surface area (Å²) in [6.45, 7) is 6.53. The van der Waals surface area contributed by atoms with Crippen LogP contribution in [0.2, 0.25) is 0 Å². The van der Waals surface area contributed by atoms with Crippen molar-refractivity contribution in [2.45, 2.75) is 29.1 Å². The van der Waals surface area contributed by atoms with Crippen molar-refractivity contribution in [3.05, 3.63) is 90.0 Å². The lowest BCUT2D eigenvalue weighted by atomic mass is 9.98. The summed E-state index contributed by atoms with van der Waals surface area (Å²) < 4.78 is 0. The summed E-state index contributed by atoms with van der Waals surface area (Å²) in [4.78, 5) is 16.8. The van der Waals surface area contributed by atoms with Gasteiger partial charge in [-0.1, -0.05) is 54.7 Å². The summed E-state index contributed by atoms with van der Waals surface area (Å²) >= 11 is 1.67. The van der Waals surface area contributed by atoms with Crippen LogP contribution in [-0.2, 0) is 4.79 Å². The van der Waals surface area contributed by atoms with E-state index in [9.17, 15) is 4.79 Å². The Morgan fingerprint density at radius 2 is 1.87 bits per heavy atom. The largest absolute Gasteiger partial charge is 0.399 e. The standard InChI is InChI=1S/C25H25N3OS/c1-16-6-3-4-9-23(16)30-24-13-19(10-11-22(24)27)20-14-25(29)28(15-20)21-8-5-7-18(12-21)17(2)26/h3-13,20H,2,14-15,26-27H2,1H3/t20-/m0/s1. The molecule has 1 aliphatic heterocycles. The Hall–Kier alpha value is -3.18. The van der Waals surface area contributed by atoms with E-state index in [4.69, 9.17) is 11.5 Å². The van der Waals surface area contributed by atoms with Crippen molar-refractivity contribution in [3.63, 3.8) is 0 Å². The Kier molecular flexibility index (Phi) is 5.55. The Bertz CT molecular complexity index is 1120. The number of carbonyl (C=O) groups excluding carboxylic acids is 1. The highest BCUT2D eigenvalue weighted by Gasteiger charge is 2.32. The predicted molar refractivity (Wildman–Crippen MR) is 126 cm³/mol. The first kappa shape index (κ1) is 20.1. The molecular formula is C25H25N3OS. The molecular weight excluding hydrogens is 390 g/mol. The minimum Gasteiger partial charge on any atom is -0.399 e. The van der Waals surface area contributed by atoms with Gasteiger partial charge in [-0.25, -0.2) is 0 Å². The second-order valence-electron chi connectivity index (χ2n) is 7.65. The zero-order valence-electron chi connectivity index (χ0n) is 17.0. The molecule has 1 heterocycles. The summed E-state index contributed by atoms with van der Waals surface area (Å²) in [6, 6.07) is 22.1. The molecule has 0 spiro atoms. The maximum atomic E-state index is 12.8. The maximum Gasteiger partial charge on any atom is 0.227 e. The van der Waals surface area contributed by atoms with Crippen LogP contribution in [0.1, 0.15) is 29.0 Å². The number of aryl methyl sites for hydroxylation is 1. The molecule has 0 aromatic heterocycles. The van der Waals surface area contributed by atoms with Crippen LogP contribution in [0.15, 0.2) is 83.1 Å². The zero-order chi connectivity index (χ0) is 21.3. The summed E-state index contributed by atoms with van der Waals surface area (Å²) in [7, 11) is 0. The van der Waals surface area contributed by atoms with E-state index in [0.29, 0.717) is 18.7 Å². The SMILES string of the molecule is C=C(N)c1cccc(N2C[C@@H](c3ccc(N)c(Sc4ccccc4C)c3)CC2=O)c1. The van der Waals surface area contributed by atoms with Gasteiger partial charge in [-0.2, -0.15) is 0 Å². The highest BCUT2D eigenvalue weighted by atomic mass is 32.2. The number of rotatable bonds is 5. The van der Waals surface area contributed by atoms with Gasteiger partial charge < -0.3 is 16.4 Å². The molecule has 1 atom stereocenters. The van der Waals surface area contributed by atoms with Gasteiger partial charge in [0.15, 0.2) is 0 Å². The number of carbonyl (C=O) groups is 1. The van der Waals surface area contributed by atoms with Gasteiger partial charge in [-0.3, -0.25) is 4.79 Å². The van der Waals surface area contributed by atoms with Crippen LogP contribution >= 0.6 is 11.8 Å². The third-order valence-electron chi connectivity index (χ3n) is 5.48. The highest BCUT2D eigenvalue weighted by molar-refractivity contribution is 7.99. The van der Waals surface area contributed by atoms with Crippen LogP contribution in [-0.4, -0.2) is 12.5 Å². The number of hydrogen-bond acceptors (Lipinski definition) is 4. The molecule has 4 N–H and O–H groups in total. The average Bonchev–Trinajstić information content (AvgIpc) is 3.13. The normalized spacial score (nSPS) is 16.1. The number of nitrogen functional groups attached to an aromatic ring is 1. The fourth-order valence-electron chi connectivity index (χ4n) is 3.74. The fourth-order valence-corrected chi connectivity index (χ4v) is 4.73. The van der Waals surface area contributed by atoms with Gasteiger partial charge in [0.1, 0.15) is 0 Å². The van der Waals surface area contributed by atoms with Crippen molar-refractivity contribution in [1.82, 2.24) is 0 Å². The van der Waals surface area contributed by atoms with Gasteiger partial charge in [0.2, 0.25) is 5.91 Å². The molecule has 152 valence electrons. The van der Waals surface area contributed by atoms with Crippen LogP contribution in [0.3, 0.4) is 0 Å². The van der Waals surface area contributed by atoms with E-state index in [1.165, 1.54) is 10.5 Å². The summed E-state index contributed by atoms with van der Waals surface area (Å²) in [5.41, 5.74) is 17.4. The molecule has 1 saturated heterocycles. The molecule has 4 nitrogen and oxygen atoms in total. The third kappa shape index (κ3) is 4.07.